The quantitative estimate of drug-likeness (QED) is 0.192. The van der Waals surface area contributed by atoms with Crippen molar-refractivity contribution in [2.24, 2.45) is 5.92 Å². The standard InChI is InChI=1S/C47H32N2O/c1-3-15-31(16-4-1)42-30-43(49-46(48-42)32-17-5-2-6-18-32)37-22-8-7-19-34(37)33-27-28-41-45(29-33)50-44-26-14-13-25-40(44)47(41)38-23-11-9-20-35(38)36-21-10-12-24-39(36)47/h1-30,35,38H. The first kappa shape index (κ1) is 28.7. The summed E-state index contributed by atoms with van der Waals surface area (Å²) in [6, 6.07) is 55.6. The molecule has 7 aromatic rings. The molecule has 0 bridgehead atoms. The minimum Gasteiger partial charge on any atom is -0.457 e. The van der Waals surface area contributed by atoms with Crippen LogP contribution in [0.2, 0.25) is 0 Å². The summed E-state index contributed by atoms with van der Waals surface area (Å²) in [5.74, 6) is 3.05. The smallest absolute Gasteiger partial charge is 0.160 e. The zero-order valence-electron chi connectivity index (χ0n) is 27.3. The number of nitrogens with zero attached hydrogens (tertiary/aromatic N) is 2. The van der Waals surface area contributed by atoms with Gasteiger partial charge in [-0.2, -0.15) is 0 Å². The van der Waals surface area contributed by atoms with Gasteiger partial charge in [0, 0.05) is 39.7 Å². The van der Waals surface area contributed by atoms with Crippen LogP contribution >= 0.6 is 0 Å². The maximum absolute atomic E-state index is 6.85. The average Bonchev–Trinajstić information content (AvgIpc) is 3.49. The normalized spacial score (nSPS) is 19.3. The van der Waals surface area contributed by atoms with E-state index in [9.17, 15) is 0 Å². The van der Waals surface area contributed by atoms with Gasteiger partial charge >= 0.3 is 0 Å². The highest BCUT2D eigenvalue weighted by Gasteiger charge is 2.56. The summed E-state index contributed by atoms with van der Waals surface area (Å²) in [6.07, 6.45) is 9.19. The van der Waals surface area contributed by atoms with Crippen LogP contribution in [0.5, 0.6) is 11.5 Å². The van der Waals surface area contributed by atoms with Gasteiger partial charge in [-0.1, -0.05) is 164 Å². The number of hydrogen-bond acceptors (Lipinski definition) is 3. The molecule has 6 aromatic carbocycles. The Morgan fingerprint density at radius 1 is 0.460 bits per heavy atom. The molecular formula is C47H32N2O. The van der Waals surface area contributed by atoms with Gasteiger partial charge in [0.15, 0.2) is 5.82 Å². The molecule has 0 saturated carbocycles. The monoisotopic (exact) mass is 640 g/mol. The van der Waals surface area contributed by atoms with E-state index < -0.39 is 0 Å². The summed E-state index contributed by atoms with van der Waals surface area (Å²) in [5, 5.41) is 0. The van der Waals surface area contributed by atoms with Crippen LogP contribution in [0.3, 0.4) is 0 Å². The van der Waals surface area contributed by atoms with Gasteiger partial charge in [0.05, 0.1) is 16.8 Å². The summed E-state index contributed by atoms with van der Waals surface area (Å²) in [7, 11) is 0. The summed E-state index contributed by atoms with van der Waals surface area (Å²) < 4.78 is 6.85. The number of benzene rings is 6. The van der Waals surface area contributed by atoms with Crippen LogP contribution in [0.4, 0.5) is 0 Å². The second kappa shape index (κ2) is 11.4. The molecule has 2 aliphatic carbocycles. The molecule has 1 spiro atoms. The summed E-state index contributed by atoms with van der Waals surface area (Å²) in [5.41, 5.74) is 11.8. The highest BCUT2D eigenvalue weighted by Crippen LogP contribution is 2.64. The van der Waals surface area contributed by atoms with Crippen LogP contribution in [0, 0.1) is 5.92 Å². The van der Waals surface area contributed by atoms with E-state index >= 15 is 0 Å². The first-order valence-electron chi connectivity index (χ1n) is 17.2. The molecular weight excluding hydrogens is 609 g/mol. The van der Waals surface area contributed by atoms with Crippen LogP contribution in [-0.2, 0) is 5.41 Å². The Balaban J connectivity index is 1.16. The molecule has 0 amide bonds. The fourth-order valence-corrected chi connectivity index (χ4v) is 8.56. The Bertz CT molecular complexity index is 2420. The lowest BCUT2D eigenvalue weighted by Gasteiger charge is -2.43. The van der Waals surface area contributed by atoms with E-state index in [-0.39, 0.29) is 11.3 Å². The lowest BCUT2D eigenvalue weighted by molar-refractivity contribution is 0.374. The third-order valence-electron chi connectivity index (χ3n) is 10.7. The van der Waals surface area contributed by atoms with Gasteiger partial charge in [0.2, 0.25) is 0 Å². The molecule has 0 fully saturated rings. The van der Waals surface area contributed by atoms with Crippen molar-refractivity contribution < 1.29 is 4.74 Å². The minimum atomic E-state index is -0.368. The number of ether oxygens (including phenoxy) is 1. The lowest BCUT2D eigenvalue weighted by atomic mass is 9.62. The molecule has 2 heterocycles. The van der Waals surface area contributed by atoms with Crippen LogP contribution in [-0.4, -0.2) is 9.97 Å². The molecule has 1 aliphatic heterocycles. The number of fused-ring (bicyclic) bond motifs is 9. The Morgan fingerprint density at radius 3 is 1.94 bits per heavy atom. The molecule has 1 aromatic heterocycles. The summed E-state index contributed by atoms with van der Waals surface area (Å²) in [6.45, 7) is 0. The van der Waals surface area contributed by atoms with Crippen molar-refractivity contribution in [1.82, 2.24) is 9.97 Å². The zero-order valence-corrected chi connectivity index (χ0v) is 27.3. The van der Waals surface area contributed by atoms with Crippen LogP contribution < -0.4 is 4.74 Å². The van der Waals surface area contributed by atoms with Gasteiger partial charge in [0.25, 0.3) is 0 Å². The van der Waals surface area contributed by atoms with Gasteiger partial charge in [-0.3, -0.25) is 0 Å². The Morgan fingerprint density at radius 2 is 1.10 bits per heavy atom. The third kappa shape index (κ3) is 4.30. The summed E-state index contributed by atoms with van der Waals surface area (Å²) >= 11 is 0. The van der Waals surface area contributed by atoms with Crippen molar-refractivity contribution in [1.29, 1.82) is 0 Å². The third-order valence-corrected chi connectivity index (χ3v) is 10.7. The zero-order chi connectivity index (χ0) is 33.1. The van der Waals surface area contributed by atoms with E-state index in [1.807, 2.05) is 24.3 Å². The molecule has 10 rings (SSSR count). The van der Waals surface area contributed by atoms with E-state index in [2.05, 4.69) is 158 Å². The first-order chi connectivity index (χ1) is 24.8. The number of rotatable bonds is 4. The van der Waals surface area contributed by atoms with Crippen molar-refractivity contribution in [2.45, 2.75) is 11.3 Å². The first-order valence-corrected chi connectivity index (χ1v) is 17.2. The molecule has 3 aliphatic rings. The van der Waals surface area contributed by atoms with E-state index in [0.717, 1.165) is 50.7 Å². The molecule has 0 N–H and O–H groups in total. The topological polar surface area (TPSA) is 35.0 Å². The van der Waals surface area contributed by atoms with Gasteiger partial charge < -0.3 is 4.74 Å². The second-order valence-electron chi connectivity index (χ2n) is 13.3. The molecule has 3 atom stereocenters. The van der Waals surface area contributed by atoms with Crippen molar-refractivity contribution in [3.8, 4) is 56.5 Å². The number of allylic oxidation sites excluding steroid dienone is 4. The molecule has 3 nitrogen and oxygen atoms in total. The fourth-order valence-electron chi connectivity index (χ4n) is 8.56. The van der Waals surface area contributed by atoms with Gasteiger partial charge in [-0.05, 0) is 40.5 Å². The molecule has 236 valence electrons. The van der Waals surface area contributed by atoms with Crippen molar-refractivity contribution in [2.75, 3.05) is 0 Å². The van der Waals surface area contributed by atoms with Crippen LogP contribution in [0.1, 0.15) is 28.2 Å². The fraction of sp³-hybridized carbons (Fsp3) is 0.0638. The summed E-state index contributed by atoms with van der Waals surface area (Å²) in [4.78, 5) is 10.2. The molecule has 3 unspecified atom stereocenters. The van der Waals surface area contributed by atoms with Crippen LogP contribution in [0.15, 0.2) is 182 Å². The van der Waals surface area contributed by atoms with Crippen molar-refractivity contribution >= 4 is 0 Å². The van der Waals surface area contributed by atoms with Gasteiger partial charge in [-0.25, -0.2) is 9.97 Å². The Hall–Kier alpha value is -6.32. The van der Waals surface area contributed by atoms with Gasteiger partial charge in [0.1, 0.15) is 11.5 Å². The van der Waals surface area contributed by atoms with Crippen molar-refractivity contribution in [3.63, 3.8) is 0 Å². The van der Waals surface area contributed by atoms with E-state index in [0.29, 0.717) is 11.7 Å². The minimum absolute atomic E-state index is 0.237. The number of para-hydroxylation sites is 1. The highest BCUT2D eigenvalue weighted by molar-refractivity contribution is 5.85. The Kier molecular flexibility index (Phi) is 6.53. The SMILES string of the molecule is C1=CC2c3ccccc3C3(c4ccccc4Oc4cc(-c5ccccc5-c5cc(-c6ccccc6)nc(-c6ccccc6)n5)ccc43)C2C=C1. The molecule has 0 radical (unpaired) electrons. The maximum atomic E-state index is 6.85. The van der Waals surface area contributed by atoms with E-state index in [1.165, 1.54) is 22.3 Å². The molecule has 0 saturated heterocycles. The van der Waals surface area contributed by atoms with E-state index in [1.54, 1.807) is 0 Å². The Labute approximate surface area is 291 Å². The van der Waals surface area contributed by atoms with Crippen LogP contribution in [0.25, 0.3) is 45.0 Å². The molecule has 50 heavy (non-hydrogen) atoms. The highest BCUT2D eigenvalue weighted by atomic mass is 16.5. The number of aromatic nitrogens is 2. The predicted molar refractivity (Wildman–Crippen MR) is 201 cm³/mol. The predicted octanol–water partition coefficient (Wildman–Crippen LogP) is 11.4. The van der Waals surface area contributed by atoms with Gasteiger partial charge in [-0.15, -0.1) is 0 Å². The number of hydrogen-bond donors (Lipinski definition) is 0. The largest absolute Gasteiger partial charge is 0.457 e. The second-order valence-corrected chi connectivity index (χ2v) is 13.3. The van der Waals surface area contributed by atoms with E-state index in [4.69, 9.17) is 14.7 Å². The maximum Gasteiger partial charge on any atom is 0.160 e. The lowest BCUT2D eigenvalue weighted by Crippen LogP contribution is -2.37. The molecule has 3 heteroatoms. The average molecular weight is 641 g/mol. The van der Waals surface area contributed by atoms with Crippen molar-refractivity contribution in [3.05, 3.63) is 204 Å².